The summed E-state index contributed by atoms with van der Waals surface area (Å²) in [6.07, 6.45) is 2.49. The lowest BCUT2D eigenvalue weighted by Gasteiger charge is -2.34. The maximum Gasteiger partial charge on any atom is 0.245 e. The van der Waals surface area contributed by atoms with Gasteiger partial charge in [0.05, 0.1) is 0 Å². The lowest BCUT2D eigenvalue weighted by atomic mass is 10.0. The van der Waals surface area contributed by atoms with Crippen LogP contribution in [0.1, 0.15) is 33.1 Å². The van der Waals surface area contributed by atoms with Gasteiger partial charge in [-0.25, -0.2) is 0 Å². The van der Waals surface area contributed by atoms with Crippen LogP contribution in [0.5, 0.6) is 0 Å². The van der Waals surface area contributed by atoms with E-state index >= 15 is 0 Å². The standard InChI is InChI=1S/C11H18N2O2/c1-3-4-8-11(15)13-6-7(2)5-9(13)10(14)12-8/h7-9H,3-6H2,1-2H3,(H,12,14)/t7-,8-,9+/m0/s1. The van der Waals surface area contributed by atoms with Gasteiger partial charge in [-0.1, -0.05) is 20.3 Å². The predicted octanol–water partition coefficient (Wildman–Crippen LogP) is 0.522. The first kappa shape index (κ1) is 10.5. The first-order chi connectivity index (χ1) is 7.13. The largest absolute Gasteiger partial charge is 0.343 e. The number of carbonyl (C=O) groups is 2. The summed E-state index contributed by atoms with van der Waals surface area (Å²) < 4.78 is 0. The van der Waals surface area contributed by atoms with Gasteiger partial charge in [0.25, 0.3) is 0 Å². The van der Waals surface area contributed by atoms with Crippen LogP contribution in [0, 0.1) is 5.92 Å². The summed E-state index contributed by atoms with van der Waals surface area (Å²) in [7, 11) is 0. The van der Waals surface area contributed by atoms with Gasteiger partial charge in [0, 0.05) is 6.54 Å². The van der Waals surface area contributed by atoms with E-state index in [0.29, 0.717) is 5.92 Å². The minimum absolute atomic E-state index is 0.0393. The molecule has 2 fully saturated rings. The molecule has 0 unspecified atom stereocenters. The van der Waals surface area contributed by atoms with Crippen molar-refractivity contribution >= 4 is 11.8 Å². The van der Waals surface area contributed by atoms with E-state index in [4.69, 9.17) is 0 Å². The maximum atomic E-state index is 12.0. The molecule has 0 radical (unpaired) electrons. The second kappa shape index (κ2) is 3.83. The molecule has 2 aliphatic rings. The van der Waals surface area contributed by atoms with E-state index in [1.54, 1.807) is 4.90 Å². The van der Waals surface area contributed by atoms with Crippen molar-refractivity contribution in [3.63, 3.8) is 0 Å². The highest BCUT2D eigenvalue weighted by Gasteiger charge is 2.44. The monoisotopic (exact) mass is 210 g/mol. The number of nitrogens with zero attached hydrogens (tertiary/aromatic N) is 1. The number of carbonyl (C=O) groups excluding carboxylic acids is 2. The van der Waals surface area contributed by atoms with Gasteiger partial charge in [0.15, 0.2) is 0 Å². The van der Waals surface area contributed by atoms with Crippen LogP contribution in [0.25, 0.3) is 0 Å². The fourth-order valence-electron chi connectivity index (χ4n) is 2.55. The molecule has 2 heterocycles. The Morgan fingerprint density at radius 2 is 2.20 bits per heavy atom. The van der Waals surface area contributed by atoms with Crippen molar-refractivity contribution in [1.82, 2.24) is 10.2 Å². The second-order valence-electron chi connectivity index (χ2n) is 4.70. The summed E-state index contributed by atoms with van der Waals surface area (Å²) in [5, 5.41) is 2.83. The Kier molecular flexibility index (Phi) is 2.67. The molecule has 2 amide bonds. The Labute approximate surface area is 90.0 Å². The normalized spacial score (nSPS) is 35.3. The van der Waals surface area contributed by atoms with E-state index in [0.717, 1.165) is 25.8 Å². The Balaban J connectivity index is 2.13. The lowest BCUT2D eigenvalue weighted by molar-refractivity contribution is -0.147. The van der Waals surface area contributed by atoms with Crippen LogP contribution < -0.4 is 5.32 Å². The number of piperazine rings is 1. The highest BCUT2D eigenvalue weighted by Crippen LogP contribution is 2.27. The van der Waals surface area contributed by atoms with Gasteiger partial charge in [-0.2, -0.15) is 0 Å². The molecule has 0 aromatic rings. The fourth-order valence-corrected chi connectivity index (χ4v) is 2.55. The molecule has 3 atom stereocenters. The first-order valence-electron chi connectivity index (χ1n) is 5.74. The molecule has 2 aliphatic heterocycles. The third-order valence-electron chi connectivity index (χ3n) is 3.29. The average Bonchev–Trinajstić information content (AvgIpc) is 2.57. The molecule has 4 nitrogen and oxygen atoms in total. The number of hydrogen-bond acceptors (Lipinski definition) is 2. The number of hydrogen-bond donors (Lipinski definition) is 1. The molecule has 0 bridgehead atoms. The molecule has 15 heavy (non-hydrogen) atoms. The first-order valence-corrected chi connectivity index (χ1v) is 5.74. The van der Waals surface area contributed by atoms with Gasteiger partial charge < -0.3 is 10.2 Å². The smallest absolute Gasteiger partial charge is 0.245 e. The van der Waals surface area contributed by atoms with Crippen molar-refractivity contribution < 1.29 is 9.59 Å². The molecule has 0 aromatic heterocycles. The van der Waals surface area contributed by atoms with Crippen molar-refractivity contribution in [3.05, 3.63) is 0 Å². The van der Waals surface area contributed by atoms with E-state index in [1.165, 1.54) is 0 Å². The Morgan fingerprint density at radius 3 is 2.87 bits per heavy atom. The molecular formula is C11H18N2O2. The van der Waals surface area contributed by atoms with E-state index < -0.39 is 0 Å². The summed E-state index contributed by atoms with van der Waals surface area (Å²) >= 11 is 0. The minimum atomic E-state index is -0.274. The molecule has 0 saturated carbocycles. The number of nitrogens with one attached hydrogen (secondary N) is 1. The second-order valence-corrected chi connectivity index (χ2v) is 4.70. The quantitative estimate of drug-likeness (QED) is 0.722. The number of amides is 2. The van der Waals surface area contributed by atoms with Crippen LogP contribution in [0.2, 0.25) is 0 Å². The zero-order valence-electron chi connectivity index (χ0n) is 9.32. The topological polar surface area (TPSA) is 49.4 Å². The van der Waals surface area contributed by atoms with Gasteiger partial charge >= 0.3 is 0 Å². The summed E-state index contributed by atoms with van der Waals surface area (Å²) in [6.45, 7) is 4.86. The van der Waals surface area contributed by atoms with E-state index in [-0.39, 0.29) is 23.9 Å². The van der Waals surface area contributed by atoms with Gasteiger partial charge in [-0.3, -0.25) is 9.59 Å². The summed E-state index contributed by atoms with van der Waals surface area (Å²) in [5.74, 6) is 0.605. The average molecular weight is 210 g/mol. The van der Waals surface area contributed by atoms with Gasteiger partial charge in [-0.05, 0) is 18.8 Å². The van der Waals surface area contributed by atoms with Crippen LogP contribution in [0.3, 0.4) is 0 Å². The van der Waals surface area contributed by atoms with Crippen molar-refractivity contribution in [2.75, 3.05) is 6.54 Å². The minimum Gasteiger partial charge on any atom is -0.343 e. The Bertz CT molecular complexity index is 290. The summed E-state index contributed by atoms with van der Waals surface area (Å²) in [5.41, 5.74) is 0. The molecule has 2 saturated heterocycles. The van der Waals surface area contributed by atoms with E-state index in [2.05, 4.69) is 12.2 Å². The number of rotatable bonds is 2. The Hall–Kier alpha value is -1.06. The summed E-state index contributed by atoms with van der Waals surface area (Å²) in [6, 6.07) is -0.468. The molecule has 0 aromatic carbocycles. The van der Waals surface area contributed by atoms with E-state index in [1.807, 2.05) is 6.92 Å². The van der Waals surface area contributed by atoms with Gasteiger partial charge in [-0.15, -0.1) is 0 Å². The van der Waals surface area contributed by atoms with Crippen LogP contribution in [-0.4, -0.2) is 35.3 Å². The Morgan fingerprint density at radius 1 is 1.47 bits per heavy atom. The zero-order chi connectivity index (χ0) is 11.0. The molecule has 84 valence electrons. The van der Waals surface area contributed by atoms with Crippen molar-refractivity contribution in [3.8, 4) is 0 Å². The molecule has 4 heteroatoms. The van der Waals surface area contributed by atoms with E-state index in [9.17, 15) is 9.59 Å². The van der Waals surface area contributed by atoms with Gasteiger partial charge in [0.2, 0.25) is 11.8 Å². The molecule has 0 spiro atoms. The van der Waals surface area contributed by atoms with Crippen molar-refractivity contribution in [1.29, 1.82) is 0 Å². The predicted molar refractivity (Wildman–Crippen MR) is 56.1 cm³/mol. The van der Waals surface area contributed by atoms with Crippen LogP contribution in [0.15, 0.2) is 0 Å². The van der Waals surface area contributed by atoms with Gasteiger partial charge in [0.1, 0.15) is 12.1 Å². The molecule has 2 rings (SSSR count). The highest BCUT2D eigenvalue weighted by molar-refractivity contribution is 5.97. The highest BCUT2D eigenvalue weighted by atomic mass is 16.2. The summed E-state index contributed by atoms with van der Waals surface area (Å²) in [4.78, 5) is 25.5. The fraction of sp³-hybridized carbons (Fsp3) is 0.818. The lowest BCUT2D eigenvalue weighted by Crippen LogP contribution is -2.60. The third-order valence-corrected chi connectivity index (χ3v) is 3.29. The van der Waals surface area contributed by atoms with Crippen molar-refractivity contribution in [2.24, 2.45) is 5.92 Å². The SMILES string of the molecule is CCC[C@@H]1NC(=O)[C@H]2C[C@H](C)CN2C1=O. The van der Waals surface area contributed by atoms with Crippen LogP contribution in [0.4, 0.5) is 0 Å². The van der Waals surface area contributed by atoms with Crippen molar-refractivity contribution in [2.45, 2.75) is 45.2 Å². The van der Waals surface area contributed by atoms with Crippen LogP contribution >= 0.6 is 0 Å². The van der Waals surface area contributed by atoms with Crippen LogP contribution in [-0.2, 0) is 9.59 Å². The number of fused-ring (bicyclic) bond motifs is 1. The molecular weight excluding hydrogens is 192 g/mol. The zero-order valence-corrected chi connectivity index (χ0v) is 9.32. The molecule has 0 aliphatic carbocycles. The molecule has 1 N–H and O–H groups in total. The third kappa shape index (κ3) is 1.73. The maximum absolute atomic E-state index is 12.0.